The molecule has 0 saturated carbocycles. The molecule has 30 heavy (non-hydrogen) atoms. The maximum Gasteiger partial charge on any atom is 0.359 e. The van der Waals surface area contributed by atoms with Gasteiger partial charge in [0, 0.05) is 13.2 Å². The Bertz CT molecular complexity index is 1080. The lowest BCUT2D eigenvalue weighted by Gasteiger charge is -2.33. The third kappa shape index (κ3) is 3.96. The fraction of sp³-hybridized carbons (Fsp3) is 0.261. The molecule has 0 fully saturated rings. The summed E-state index contributed by atoms with van der Waals surface area (Å²) in [4.78, 5) is 26.6. The second-order valence-corrected chi connectivity index (χ2v) is 7.28. The molecular weight excluding hydrogens is 385 g/mol. The SMILES string of the molecule is CN(C(=O)COC(=O)c1ccn(-c2ccccc2F)n1)C1CCCc2ccccc21. The Morgan fingerprint density at radius 3 is 2.77 bits per heavy atom. The van der Waals surface area contributed by atoms with Crippen LogP contribution >= 0.6 is 0 Å². The molecular formula is C23H22FN3O3. The fourth-order valence-electron chi connectivity index (χ4n) is 3.81. The molecule has 4 rings (SSSR count). The first kappa shape index (κ1) is 19.8. The van der Waals surface area contributed by atoms with Crippen molar-refractivity contribution in [3.05, 3.63) is 83.4 Å². The average molecular weight is 407 g/mol. The van der Waals surface area contributed by atoms with E-state index in [1.54, 1.807) is 30.1 Å². The van der Waals surface area contributed by atoms with Gasteiger partial charge in [-0.1, -0.05) is 36.4 Å². The molecule has 2 aromatic carbocycles. The number of amides is 1. The number of carbonyl (C=O) groups excluding carboxylic acids is 2. The van der Waals surface area contributed by atoms with E-state index in [-0.39, 0.29) is 29.9 Å². The van der Waals surface area contributed by atoms with Crippen LogP contribution in [-0.2, 0) is 16.0 Å². The molecule has 0 N–H and O–H groups in total. The Morgan fingerprint density at radius 2 is 1.93 bits per heavy atom. The number of esters is 1. The van der Waals surface area contributed by atoms with E-state index in [9.17, 15) is 14.0 Å². The van der Waals surface area contributed by atoms with Gasteiger partial charge in [0.1, 0.15) is 11.5 Å². The number of para-hydroxylation sites is 1. The molecule has 1 unspecified atom stereocenters. The summed E-state index contributed by atoms with van der Waals surface area (Å²) in [5, 5.41) is 4.06. The van der Waals surface area contributed by atoms with Crippen LogP contribution in [0.4, 0.5) is 4.39 Å². The van der Waals surface area contributed by atoms with Crippen molar-refractivity contribution in [2.75, 3.05) is 13.7 Å². The van der Waals surface area contributed by atoms with Crippen LogP contribution in [0, 0.1) is 5.82 Å². The smallest absolute Gasteiger partial charge is 0.359 e. The minimum Gasteiger partial charge on any atom is -0.451 e. The Balaban J connectivity index is 1.39. The Kier molecular flexibility index (Phi) is 5.61. The van der Waals surface area contributed by atoms with Gasteiger partial charge in [-0.05, 0) is 48.6 Å². The summed E-state index contributed by atoms with van der Waals surface area (Å²) in [6.45, 7) is -0.374. The lowest BCUT2D eigenvalue weighted by molar-refractivity contribution is -0.135. The average Bonchev–Trinajstić information content (AvgIpc) is 3.27. The molecule has 7 heteroatoms. The summed E-state index contributed by atoms with van der Waals surface area (Å²) in [6, 6.07) is 15.6. The number of rotatable bonds is 5. The maximum atomic E-state index is 13.9. The Hall–Kier alpha value is -3.48. The third-order valence-corrected chi connectivity index (χ3v) is 5.42. The van der Waals surface area contributed by atoms with Gasteiger partial charge < -0.3 is 9.64 Å². The van der Waals surface area contributed by atoms with Crippen molar-refractivity contribution in [2.24, 2.45) is 0 Å². The summed E-state index contributed by atoms with van der Waals surface area (Å²) >= 11 is 0. The van der Waals surface area contributed by atoms with Gasteiger partial charge in [-0.25, -0.2) is 13.9 Å². The molecule has 1 aromatic heterocycles. The highest BCUT2D eigenvalue weighted by Gasteiger charge is 2.27. The summed E-state index contributed by atoms with van der Waals surface area (Å²) in [7, 11) is 1.73. The number of aromatic nitrogens is 2. The van der Waals surface area contributed by atoms with Crippen LogP contribution in [0.25, 0.3) is 5.69 Å². The van der Waals surface area contributed by atoms with E-state index >= 15 is 0 Å². The van der Waals surface area contributed by atoms with Crippen LogP contribution in [0.1, 0.15) is 40.5 Å². The number of halogens is 1. The zero-order valence-corrected chi connectivity index (χ0v) is 16.6. The second kappa shape index (κ2) is 8.49. The quantitative estimate of drug-likeness (QED) is 0.605. The number of likely N-dealkylation sites (N-methyl/N-ethyl adjacent to an activating group) is 1. The van der Waals surface area contributed by atoms with E-state index in [4.69, 9.17) is 4.74 Å². The number of carbonyl (C=O) groups is 2. The van der Waals surface area contributed by atoms with Gasteiger partial charge in [0.2, 0.25) is 0 Å². The Labute approximate surface area is 173 Å². The first-order valence-electron chi connectivity index (χ1n) is 9.86. The first-order valence-corrected chi connectivity index (χ1v) is 9.86. The second-order valence-electron chi connectivity index (χ2n) is 7.28. The lowest BCUT2D eigenvalue weighted by Crippen LogP contribution is -2.36. The van der Waals surface area contributed by atoms with E-state index in [0.717, 1.165) is 24.8 Å². The third-order valence-electron chi connectivity index (χ3n) is 5.42. The van der Waals surface area contributed by atoms with Crippen LogP contribution < -0.4 is 0 Å². The van der Waals surface area contributed by atoms with Gasteiger partial charge in [0.25, 0.3) is 5.91 Å². The standard InChI is InChI=1S/C23H22FN3O3/c1-26(20-12-6-8-16-7-2-3-9-17(16)20)22(28)15-30-23(29)19-13-14-27(25-19)21-11-5-4-10-18(21)24/h2-5,7,9-11,13-14,20H,6,8,12,15H2,1H3. The molecule has 0 bridgehead atoms. The molecule has 1 aliphatic carbocycles. The van der Waals surface area contributed by atoms with Crippen molar-refractivity contribution in [1.29, 1.82) is 0 Å². The molecule has 0 saturated heterocycles. The zero-order valence-electron chi connectivity index (χ0n) is 16.6. The van der Waals surface area contributed by atoms with Crippen molar-refractivity contribution in [2.45, 2.75) is 25.3 Å². The van der Waals surface area contributed by atoms with Crippen molar-refractivity contribution in [3.63, 3.8) is 0 Å². The molecule has 154 valence electrons. The van der Waals surface area contributed by atoms with Crippen molar-refractivity contribution in [1.82, 2.24) is 14.7 Å². The first-order chi connectivity index (χ1) is 14.5. The normalized spacial score (nSPS) is 15.3. The van der Waals surface area contributed by atoms with Crippen LogP contribution in [0.2, 0.25) is 0 Å². The Morgan fingerprint density at radius 1 is 1.17 bits per heavy atom. The van der Waals surface area contributed by atoms with Crippen LogP contribution in [-0.4, -0.2) is 40.2 Å². The molecule has 1 aliphatic rings. The molecule has 0 spiro atoms. The van der Waals surface area contributed by atoms with E-state index in [0.29, 0.717) is 0 Å². The molecule has 1 heterocycles. The topological polar surface area (TPSA) is 64.4 Å². The number of hydrogen-bond donors (Lipinski definition) is 0. The lowest BCUT2D eigenvalue weighted by atomic mass is 9.87. The number of ether oxygens (including phenoxy) is 1. The number of fused-ring (bicyclic) bond motifs is 1. The highest BCUT2D eigenvalue weighted by Crippen LogP contribution is 2.33. The van der Waals surface area contributed by atoms with Crippen LogP contribution in [0.5, 0.6) is 0 Å². The molecule has 6 nitrogen and oxygen atoms in total. The fourth-order valence-corrected chi connectivity index (χ4v) is 3.81. The van der Waals surface area contributed by atoms with Crippen LogP contribution in [0.15, 0.2) is 60.8 Å². The zero-order chi connectivity index (χ0) is 21.1. The van der Waals surface area contributed by atoms with Crippen molar-refractivity contribution < 1.29 is 18.7 Å². The predicted molar refractivity (Wildman–Crippen MR) is 109 cm³/mol. The number of nitrogens with zero attached hydrogens (tertiary/aromatic N) is 3. The van der Waals surface area contributed by atoms with Crippen LogP contribution in [0.3, 0.4) is 0 Å². The van der Waals surface area contributed by atoms with E-state index in [1.807, 2.05) is 18.2 Å². The summed E-state index contributed by atoms with van der Waals surface area (Å²) in [5.41, 5.74) is 2.64. The minimum absolute atomic E-state index is 0.0109. The van der Waals surface area contributed by atoms with Gasteiger partial charge in [-0.2, -0.15) is 5.10 Å². The molecule has 3 aromatic rings. The summed E-state index contributed by atoms with van der Waals surface area (Å²) < 4.78 is 20.3. The molecule has 1 atom stereocenters. The number of benzene rings is 2. The van der Waals surface area contributed by atoms with E-state index in [1.165, 1.54) is 28.6 Å². The summed E-state index contributed by atoms with van der Waals surface area (Å²) in [6.07, 6.45) is 4.36. The maximum absolute atomic E-state index is 13.9. The number of aryl methyl sites for hydroxylation is 1. The molecule has 0 aliphatic heterocycles. The van der Waals surface area contributed by atoms with Gasteiger partial charge in [0.15, 0.2) is 12.3 Å². The molecule has 1 amide bonds. The largest absolute Gasteiger partial charge is 0.451 e. The van der Waals surface area contributed by atoms with Crippen molar-refractivity contribution in [3.8, 4) is 5.69 Å². The predicted octanol–water partition coefficient (Wildman–Crippen LogP) is 3.70. The molecule has 0 radical (unpaired) electrons. The van der Waals surface area contributed by atoms with Gasteiger partial charge in [0.05, 0.1) is 6.04 Å². The highest BCUT2D eigenvalue weighted by molar-refractivity contribution is 5.89. The van der Waals surface area contributed by atoms with Gasteiger partial charge in [-0.3, -0.25) is 4.79 Å². The van der Waals surface area contributed by atoms with Gasteiger partial charge >= 0.3 is 5.97 Å². The minimum atomic E-state index is -0.726. The number of hydrogen-bond acceptors (Lipinski definition) is 4. The highest BCUT2D eigenvalue weighted by atomic mass is 19.1. The summed E-state index contributed by atoms with van der Waals surface area (Å²) in [5.74, 6) is -1.46. The van der Waals surface area contributed by atoms with E-state index < -0.39 is 11.8 Å². The monoisotopic (exact) mass is 407 g/mol. The van der Waals surface area contributed by atoms with Crippen molar-refractivity contribution >= 4 is 11.9 Å². The van der Waals surface area contributed by atoms with Gasteiger partial charge in [-0.15, -0.1) is 0 Å². The van der Waals surface area contributed by atoms with E-state index in [2.05, 4.69) is 11.2 Å².